The second-order valence-corrected chi connectivity index (χ2v) is 5.80. The van der Waals surface area contributed by atoms with Crippen molar-refractivity contribution in [1.82, 2.24) is 10.2 Å². The Morgan fingerprint density at radius 2 is 2.26 bits per heavy atom. The van der Waals surface area contributed by atoms with Gasteiger partial charge in [0, 0.05) is 11.4 Å². The van der Waals surface area contributed by atoms with E-state index in [1.54, 1.807) is 16.2 Å². The van der Waals surface area contributed by atoms with Gasteiger partial charge in [0.05, 0.1) is 6.54 Å². The third-order valence-corrected chi connectivity index (χ3v) is 4.42. The maximum Gasteiger partial charge on any atom is 0.329 e. The molecule has 1 aliphatic carbocycles. The fraction of sp³-hybridized carbons (Fsp3) is 0.538. The Hall–Kier alpha value is -1.56. The minimum Gasteiger partial charge on any atom is -0.480 e. The minimum atomic E-state index is -1.04. The second-order valence-electron chi connectivity index (χ2n) is 4.76. The van der Waals surface area contributed by atoms with Crippen LogP contribution in [0.2, 0.25) is 0 Å². The highest BCUT2D eigenvalue weighted by Gasteiger charge is 2.46. The quantitative estimate of drug-likeness (QED) is 0.870. The molecule has 104 valence electrons. The van der Waals surface area contributed by atoms with Crippen LogP contribution < -0.4 is 5.32 Å². The molecule has 0 aliphatic heterocycles. The van der Waals surface area contributed by atoms with E-state index in [9.17, 15) is 14.7 Å². The van der Waals surface area contributed by atoms with Gasteiger partial charge in [-0.05, 0) is 37.6 Å². The Labute approximate surface area is 116 Å². The molecular weight excluding hydrogens is 264 g/mol. The molecule has 2 amide bonds. The van der Waals surface area contributed by atoms with Crippen molar-refractivity contribution in [3.8, 4) is 0 Å². The van der Waals surface area contributed by atoms with E-state index in [0.717, 1.165) is 11.3 Å². The van der Waals surface area contributed by atoms with Crippen molar-refractivity contribution in [2.75, 3.05) is 6.54 Å². The topological polar surface area (TPSA) is 69.6 Å². The standard InChI is InChI=1S/C13H18N2O3S/c1-2-15(9-10-5-3-8-19-10)12(18)14-13(11(16)17)6-4-7-13/h3,5,8H,2,4,6-7,9H2,1H3,(H,14,18)(H,16,17). The zero-order valence-corrected chi connectivity index (χ0v) is 11.7. The third kappa shape index (κ3) is 2.89. The summed E-state index contributed by atoms with van der Waals surface area (Å²) < 4.78 is 0. The SMILES string of the molecule is CCN(Cc1cccs1)C(=O)NC1(C(=O)O)CCC1. The zero-order chi connectivity index (χ0) is 13.9. The lowest BCUT2D eigenvalue weighted by Crippen LogP contribution is -2.61. The monoisotopic (exact) mass is 282 g/mol. The first-order chi connectivity index (χ1) is 9.07. The van der Waals surface area contributed by atoms with Crippen LogP contribution >= 0.6 is 11.3 Å². The summed E-state index contributed by atoms with van der Waals surface area (Å²) in [6, 6.07) is 3.62. The molecule has 19 heavy (non-hydrogen) atoms. The molecule has 0 aromatic carbocycles. The molecule has 2 rings (SSSR count). The smallest absolute Gasteiger partial charge is 0.329 e. The van der Waals surface area contributed by atoms with Gasteiger partial charge < -0.3 is 15.3 Å². The van der Waals surface area contributed by atoms with E-state index in [2.05, 4.69) is 5.32 Å². The molecule has 1 aliphatic rings. The molecule has 0 saturated heterocycles. The lowest BCUT2D eigenvalue weighted by molar-refractivity contribution is -0.148. The number of thiophene rings is 1. The molecule has 0 radical (unpaired) electrons. The van der Waals surface area contributed by atoms with Gasteiger partial charge in [0.2, 0.25) is 0 Å². The van der Waals surface area contributed by atoms with Crippen LogP contribution in [0.15, 0.2) is 17.5 Å². The molecule has 2 N–H and O–H groups in total. The summed E-state index contributed by atoms with van der Waals surface area (Å²) in [6.07, 6.45) is 1.89. The first kappa shape index (κ1) is 13.9. The molecular formula is C13H18N2O3S. The number of aliphatic carboxylic acids is 1. The molecule has 1 aromatic rings. The summed E-state index contributed by atoms with van der Waals surface area (Å²) in [5.74, 6) is -0.931. The number of nitrogens with zero attached hydrogens (tertiary/aromatic N) is 1. The molecule has 6 heteroatoms. The van der Waals surface area contributed by atoms with Gasteiger partial charge in [0.15, 0.2) is 0 Å². The molecule has 0 bridgehead atoms. The van der Waals surface area contributed by atoms with E-state index in [1.165, 1.54) is 0 Å². The summed E-state index contributed by atoms with van der Waals surface area (Å²) in [6.45, 7) is 2.97. The van der Waals surface area contributed by atoms with Crippen LogP contribution in [0.3, 0.4) is 0 Å². The molecule has 1 saturated carbocycles. The maximum atomic E-state index is 12.2. The summed E-state index contributed by atoms with van der Waals surface area (Å²) in [7, 11) is 0. The highest BCUT2D eigenvalue weighted by Crippen LogP contribution is 2.32. The first-order valence-corrected chi connectivity index (χ1v) is 7.28. The lowest BCUT2D eigenvalue weighted by atomic mass is 9.77. The number of carboxylic acids is 1. The van der Waals surface area contributed by atoms with E-state index >= 15 is 0 Å². The number of carbonyl (C=O) groups excluding carboxylic acids is 1. The van der Waals surface area contributed by atoms with Crippen LogP contribution in [0.1, 0.15) is 31.1 Å². The van der Waals surface area contributed by atoms with Crippen molar-refractivity contribution in [2.45, 2.75) is 38.3 Å². The Morgan fingerprint density at radius 3 is 2.68 bits per heavy atom. The van der Waals surface area contributed by atoms with E-state index in [1.807, 2.05) is 24.4 Å². The number of carboxylic acid groups (broad SMARTS) is 1. The van der Waals surface area contributed by atoms with Crippen LogP contribution in [0.4, 0.5) is 4.79 Å². The third-order valence-electron chi connectivity index (χ3n) is 3.56. The van der Waals surface area contributed by atoms with E-state index in [-0.39, 0.29) is 6.03 Å². The number of amides is 2. The van der Waals surface area contributed by atoms with Crippen molar-refractivity contribution >= 4 is 23.3 Å². The maximum absolute atomic E-state index is 12.2. The first-order valence-electron chi connectivity index (χ1n) is 6.40. The number of nitrogens with one attached hydrogen (secondary N) is 1. The van der Waals surface area contributed by atoms with Crippen LogP contribution in [0, 0.1) is 0 Å². The normalized spacial score (nSPS) is 16.5. The number of hydrogen-bond acceptors (Lipinski definition) is 3. The van der Waals surface area contributed by atoms with Gasteiger partial charge >= 0.3 is 12.0 Å². The molecule has 1 heterocycles. The van der Waals surface area contributed by atoms with Gasteiger partial charge in [-0.25, -0.2) is 9.59 Å². The van der Waals surface area contributed by atoms with Gasteiger partial charge in [-0.2, -0.15) is 0 Å². The average Bonchev–Trinajstić information content (AvgIpc) is 2.82. The van der Waals surface area contributed by atoms with Crippen molar-refractivity contribution in [2.24, 2.45) is 0 Å². The zero-order valence-electron chi connectivity index (χ0n) is 10.9. The van der Waals surface area contributed by atoms with Gasteiger partial charge in [-0.1, -0.05) is 6.07 Å². The Balaban J connectivity index is 1.99. The van der Waals surface area contributed by atoms with Crippen molar-refractivity contribution in [1.29, 1.82) is 0 Å². The molecule has 1 aromatic heterocycles. The summed E-state index contributed by atoms with van der Waals surface area (Å²) in [4.78, 5) is 26.1. The Morgan fingerprint density at radius 1 is 1.53 bits per heavy atom. The highest BCUT2D eigenvalue weighted by molar-refractivity contribution is 7.09. The predicted molar refractivity (Wildman–Crippen MR) is 73.2 cm³/mol. The largest absolute Gasteiger partial charge is 0.480 e. The fourth-order valence-electron chi connectivity index (χ4n) is 2.12. The molecule has 0 atom stereocenters. The molecule has 1 fully saturated rings. The van der Waals surface area contributed by atoms with Gasteiger partial charge in [0.1, 0.15) is 5.54 Å². The highest BCUT2D eigenvalue weighted by atomic mass is 32.1. The molecule has 0 unspecified atom stereocenters. The van der Waals surface area contributed by atoms with Gasteiger partial charge in [0.25, 0.3) is 0 Å². The Kier molecular flexibility index (Phi) is 4.09. The lowest BCUT2D eigenvalue weighted by Gasteiger charge is -2.39. The van der Waals surface area contributed by atoms with Crippen LogP contribution in [0.5, 0.6) is 0 Å². The van der Waals surface area contributed by atoms with Crippen molar-refractivity contribution in [3.05, 3.63) is 22.4 Å². The van der Waals surface area contributed by atoms with Crippen LogP contribution in [-0.4, -0.2) is 34.1 Å². The summed E-state index contributed by atoms with van der Waals surface area (Å²) in [5, 5.41) is 13.9. The van der Waals surface area contributed by atoms with Gasteiger partial charge in [-0.15, -0.1) is 11.3 Å². The number of rotatable bonds is 5. The summed E-state index contributed by atoms with van der Waals surface area (Å²) in [5.41, 5.74) is -1.04. The predicted octanol–water partition coefficient (Wildman–Crippen LogP) is 2.29. The van der Waals surface area contributed by atoms with E-state index in [4.69, 9.17) is 0 Å². The number of carbonyl (C=O) groups is 2. The van der Waals surface area contributed by atoms with Crippen molar-refractivity contribution < 1.29 is 14.7 Å². The van der Waals surface area contributed by atoms with Crippen LogP contribution in [-0.2, 0) is 11.3 Å². The average molecular weight is 282 g/mol. The molecule has 5 nitrogen and oxygen atoms in total. The minimum absolute atomic E-state index is 0.294. The molecule has 0 spiro atoms. The fourth-order valence-corrected chi connectivity index (χ4v) is 2.84. The van der Waals surface area contributed by atoms with Crippen molar-refractivity contribution in [3.63, 3.8) is 0 Å². The number of hydrogen-bond donors (Lipinski definition) is 2. The Bertz CT molecular complexity index is 454. The van der Waals surface area contributed by atoms with Gasteiger partial charge in [-0.3, -0.25) is 0 Å². The van der Waals surface area contributed by atoms with E-state index < -0.39 is 11.5 Å². The second kappa shape index (κ2) is 5.61. The summed E-state index contributed by atoms with van der Waals surface area (Å²) >= 11 is 1.59. The van der Waals surface area contributed by atoms with E-state index in [0.29, 0.717) is 25.9 Å². The number of urea groups is 1. The van der Waals surface area contributed by atoms with Crippen LogP contribution in [0.25, 0.3) is 0 Å².